The zero-order valence-electron chi connectivity index (χ0n) is 13.6. The molecule has 1 aromatic carbocycles. The second-order valence-electron chi connectivity index (χ2n) is 5.94. The lowest BCUT2D eigenvalue weighted by molar-refractivity contribution is 0.367. The molecule has 21 heavy (non-hydrogen) atoms. The molecule has 0 aliphatic carbocycles. The molecule has 114 valence electrons. The SMILES string of the molecule is CCC(C)(C)c1cccc(C)c1-n1c(OC)nn(C)c1=O. The first-order valence-corrected chi connectivity index (χ1v) is 7.14. The van der Waals surface area contributed by atoms with Crippen molar-refractivity contribution in [2.24, 2.45) is 7.05 Å². The Morgan fingerprint density at radius 1 is 1.33 bits per heavy atom. The Balaban J connectivity index is 2.85. The van der Waals surface area contributed by atoms with Gasteiger partial charge in [0.15, 0.2) is 0 Å². The number of para-hydroxylation sites is 1. The van der Waals surface area contributed by atoms with Crippen molar-refractivity contribution in [2.45, 2.75) is 39.5 Å². The van der Waals surface area contributed by atoms with Crippen LogP contribution >= 0.6 is 0 Å². The minimum absolute atomic E-state index is 0.0400. The van der Waals surface area contributed by atoms with Crippen molar-refractivity contribution in [2.75, 3.05) is 7.11 Å². The number of nitrogens with zero attached hydrogens (tertiary/aromatic N) is 3. The summed E-state index contributed by atoms with van der Waals surface area (Å²) in [4.78, 5) is 12.5. The zero-order valence-corrected chi connectivity index (χ0v) is 13.6. The highest BCUT2D eigenvalue weighted by Crippen LogP contribution is 2.34. The summed E-state index contributed by atoms with van der Waals surface area (Å²) in [5.74, 6) is 0. The topological polar surface area (TPSA) is 49.0 Å². The third-order valence-corrected chi connectivity index (χ3v) is 4.15. The summed E-state index contributed by atoms with van der Waals surface area (Å²) in [6.07, 6.45) is 0.973. The van der Waals surface area contributed by atoms with E-state index < -0.39 is 0 Å². The number of aromatic nitrogens is 3. The molecule has 1 heterocycles. The van der Waals surface area contributed by atoms with Crippen LogP contribution in [-0.2, 0) is 12.5 Å². The third-order valence-electron chi connectivity index (χ3n) is 4.15. The Bertz CT molecular complexity index is 711. The number of benzene rings is 1. The molecule has 0 amide bonds. The zero-order chi connectivity index (χ0) is 15.8. The molecule has 0 N–H and O–H groups in total. The fourth-order valence-electron chi connectivity index (χ4n) is 2.46. The van der Waals surface area contributed by atoms with Crippen LogP contribution in [0.15, 0.2) is 23.0 Å². The highest BCUT2D eigenvalue weighted by atomic mass is 16.5. The first-order chi connectivity index (χ1) is 9.83. The first-order valence-electron chi connectivity index (χ1n) is 7.14. The molecule has 0 saturated carbocycles. The van der Waals surface area contributed by atoms with Gasteiger partial charge in [-0.15, -0.1) is 5.10 Å². The molecule has 0 radical (unpaired) electrons. The summed E-state index contributed by atoms with van der Waals surface area (Å²) in [7, 11) is 3.16. The van der Waals surface area contributed by atoms with Crippen molar-refractivity contribution in [1.29, 1.82) is 0 Å². The maximum absolute atomic E-state index is 12.5. The molecule has 5 nitrogen and oxygen atoms in total. The Hall–Kier alpha value is -2.04. The van der Waals surface area contributed by atoms with E-state index in [1.54, 1.807) is 11.6 Å². The number of rotatable bonds is 4. The number of methoxy groups -OCH3 is 1. The van der Waals surface area contributed by atoms with Crippen LogP contribution in [0, 0.1) is 6.92 Å². The lowest BCUT2D eigenvalue weighted by Crippen LogP contribution is -2.26. The molecule has 0 atom stereocenters. The molecular weight excluding hydrogens is 266 g/mol. The van der Waals surface area contributed by atoms with Gasteiger partial charge in [-0.2, -0.15) is 0 Å². The van der Waals surface area contributed by atoms with Crippen molar-refractivity contribution in [3.63, 3.8) is 0 Å². The molecule has 2 aromatic rings. The van der Waals surface area contributed by atoms with Crippen LogP contribution in [0.3, 0.4) is 0 Å². The van der Waals surface area contributed by atoms with Crippen LogP contribution in [0.1, 0.15) is 38.3 Å². The molecular formula is C16H23N3O2. The number of hydrogen-bond acceptors (Lipinski definition) is 3. The fourth-order valence-corrected chi connectivity index (χ4v) is 2.46. The summed E-state index contributed by atoms with van der Waals surface area (Å²) in [6.45, 7) is 8.51. The average molecular weight is 289 g/mol. The molecule has 0 saturated heterocycles. The van der Waals surface area contributed by atoms with E-state index in [9.17, 15) is 4.79 Å². The van der Waals surface area contributed by atoms with Gasteiger partial charge in [0.05, 0.1) is 12.8 Å². The fraction of sp³-hybridized carbons (Fsp3) is 0.500. The summed E-state index contributed by atoms with van der Waals surface area (Å²) < 4.78 is 8.15. The predicted octanol–water partition coefficient (Wildman–Crippen LogP) is 2.58. The Kier molecular flexibility index (Phi) is 3.94. The molecule has 0 unspecified atom stereocenters. The number of hydrogen-bond donors (Lipinski definition) is 0. The van der Waals surface area contributed by atoms with Gasteiger partial charge in [0.1, 0.15) is 0 Å². The Morgan fingerprint density at radius 2 is 2.00 bits per heavy atom. The molecule has 5 heteroatoms. The number of aryl methyl sites for hydroxylation is 2. The maximum atomic E-state index is 12.5. The van der Waals surface area contributed by atoms with Crippen LogP contribution < -0.4 is 10.4 Å². The van der Waals surface area contributed by atoms with E-state index in [-0.39, 0.29) is 11.1 Å². The van der Waals surface area contributed by atoms with E-state index in [0.717, 1.165) is 23.2 Å². The Morgan fingerprint density at radius 3 is 2.57 bits per heavy atom. The third kappa shape index (κ3) is 2.48. The molecule has 1 aromatic heterocycles. The predicted molar refractivity (Wildman–Crippen MR) is 83.4 cm³/mol. The van der Waals surface area contributed by atoms with Gasteiger partial charge in [-0.1, -0.05) is 39.0 Å². The molecule has 0 aliphatic heterocycles. The summed E-state index contributed by atoms with van der Waals surface area (Å²) in [6, 6.07) is 6.41. The van der Waals surface area contributed by atoms with Crippen molar-refractivity contribution in [3.8, 4) is 11.7 Å². The van der Waals surface area contributed by atoms with Gasteiger partial charge < -0.3 is 4.74 Å². The van der Waals surface area contributed by atoms with Gasteiger partial charge in [0.25, 0.3) is 0 Å². The normalized spacial score (nSPS) is 11.7. The van der Waals surface area contributed by atoms with E-state index in [2.05, 4.69) is 31.9 Å². The summed E-state index contributed by atoms with van der Waals surface area (Å²) in [5, 5.41) is 4.14. The quantitative estimate of drug-likeness (QED) is 0.869. The van der Waals surface area contributed by atoms with E-state index in [4.69, 9.17) is 4.74 Å². The largest absolute Gasteiger partial charge is 0.467 e. The van der Waals surface area contributed by atoms with Crippen LogP contribution in [0.25, 0.3) is 5.69 Å². The van der Waals surface area contributed by atoms with Crippen molar-refractivity contribution in [1.82, 2.24) is 14.3 Å². The van der Waals surface area contributed by atoms with Crippen LogP contribution in [0.4, 0.5) is 0 Å². The Labute approximate surface area is 125 Å². The van der Waals surface area contributed by atoms with Crippen LogP contribution in [0.5, 0.6) is 6.01 Å². The minimum Gasteiger partial charge on any atom is -0.467 e. The van der Waals surface area contributed by atoms with Gasteiger partial charge in [0.2, 0.25) is 0 Å². The van der Waals surface area contributed by atoms with E-state index in [1.165, 1.54) is 11.8 Å². The van der Waals surface area contributed by atoms with Crippen molar-refractivity contribution < 1.29 is 4.74 Å². The van der Waals surface area contributed by atoms with E-state index in [1.807, 2.05) is 19.1 Å². The standard InChI is InChI=1S/C16H23N3O2/c1-7-16(3,4)12-10-8-9-11(2)13(12)19-14(21-6)17-18(5)15(19)20/h8-10H,7H2,1-6H3. The van der Waals surface area contributed by atoms with Gasteiger partial charge >= 0.3 is 11.7 Å². The summed E-state index contributed by atoms with van der Waals surface area (Å²) in [5.41, 5.74) is 2.79. The van der Waals surface area contributed by atoms with E-state index >= 15 is 0 Å². The first kappa shape index (κ1) is 15.4. The molecule has 2 rings (SSSR count). The highest BCUT2D eigenvalue weighted by Gasteiger charge is 2.26. The molecule has 0 spiro atoms. The lowest BCUT2D eigenvalue weighted by Gasteiger charge is -2.27. The van der Waals surface area contributed by atoms with Gasteiger partial charge in [-0.25, -0.2) is 14.0 Å². The van der Waals surface area contributed by atoms with Crippen molar-refractivity contribution in [3.05, 3.63) is 39.8 Å². The number of ether oxygens (including phenoxy) is 1. The van der Waals surface area contributed by atoms with Gasteiger partial charge in [0, 0.05) is 7.05 Å². The second-order valence-corrected chi connectivity index (χ2v) is 5.94. The van der Waals surface area contributed by atoms with Gasteiger partial charge in [-0.05, 0) is 29.9 Å². The minimum atomic E-state index is -0.200. The van der Waals surface area contributed by atoms with Crippen molar-refractivity contribution >= 4 is 0 Å². The highest BCUT2D eigenvalue weighted by molar-refractivity contribution is 5.52. The maximum Gasteiger partial charge on any atom is 0.353 e. The monoisotopic (exact) mass is 289 g/mol. The average Bonchev–Trinajstić information content (AvgIpc) is 2.74. The lowest BCUT2D eigenvalue weighted by atomic mass is 9.80. The molecule has 0 fully saturated rings. The van der Waals surface area contributed by atoms with Gasteiger partial charge in [-0.3, -0.25) is 0 Å². The molecule has 0 bridgehead atoms. The smallest absolute Gasteiger partial charge is 0.353 e. The van der Waals surface area contributed by atoms with Crippen LogP contribution in [0.2, 0.25) is 0 Å². The van der Waals surface area contributed by atoms with E-state index in [0.29, 0.717) is 6.01 Å². The second kappa shape index (κ2) is 5.39. The summed E-state index contributed by atoms with van der Waals surface area (Å²) >= 11 is 0. The van der Waals surface area contributed by atoms with Crippen LogP contribution in [-0.4, -0.2) is 21.5 Å². The molecule has 0 aliphatic rings.